The maximum absolute atomic E-state index is 11.3. The lowest BCUT2D eigenvalue weighted by Crippen LogP contribution is -2.01. The Morgan fingerprint density at radius 3 is 2.58 bits per heavy atom. The van der Waals surface area contributed by atoms with Gasteiger partial charge in [-0.3, -0.25) is 0 Å². The van der Waals surface area contributed by atoms with Gasteiger partial charge in [0.2, 0.25) is 0 Å². The van der Waals surface area contributed by atoms with Gasteiger partial charge in [-0.2, -0.15) is 0 Å². The normalized spacial score (nSPS) is 10.1. The average Bonchev–Trinajstić information content (AvgIpc) is 2.42. The lowest BCUT2D eigenvalue weighted by atomic mass is 10.2. The molecule has 0 aliphatic rings. The van der Waals surface area contributed by atoms with Crippen LogP contribution in [0.2, 0.25) is 0 Å². The highest BCUT2D eigenvalue weighted by Crippen LogP contribution is 2.21. The van der Waals surface area contributed by atoms with Crippen LogP contribution in [0.4, 0.5) is 11.5 Å². The summed E-state index contributed by atoms with van der Waals surface area (Å²) >= 11 is 3.37. The van der Waals surface area contributed by atoms with E-state index >= 15 is 0 Å². The molecule has 0 aliphatic heterocycles. The molecule has 1 heterocycles. The summed E-state index contributed by atoms with van der Waals surface area (Å²) in [6, 6.07) is 9.04. The number of ether oxygens (including phenoxy) is 1. The number of aromatic nitrogens is 1. The fourth-order valence-electron chi connectivity index (χ4n) is 1.62. The van der Waals surface area contributed by atoms with Crippen molar-refractivity contribution in [1.82, 2.24) is 4.98 Å². The Balaban J connectivity index is 2.17. The lowest BCUT2D eigenvalue weighted by Gasteiger charge is -2.09. The molecule has 0 atom stereocenters. The summed E-state index contributed by atoms with van der Waals surface area (Å²) in [5, 5.41) is 3.20. The van der Waals surface area contributed by atoms with E-state index in [4.69, 9.17) is 0 Å². The number of nitrogens with zero attached hydrogens (tertiary/aromatic N) is 1. The number of aryl methyl sites for hydroxylation is 1. The molecule has 0 spiro atoms. The molecule has 2 rings (SSSR count). The van der Waals surface area contributed by atoms with Gasteiger partial charge in [-0.1, -0.05) is 0 Å². The minimum Gasteiger partial charge on any atom is -0.465 e. The van der Waals surface area contributed by atoms with Gasteiger partial charge in [0.1, 0.15) is 5.82 Å². The standard InChI is InChI=1S/C14H13BrN2O2/c1-9-7-11(15)8-16-13(9)17-12-5-3-10(4-6-12)14(18)19-2/h3-8H,1-2H3,(H,16,17). The van der Waals surface area contributed by atoms with Crippen LogP contribution >= 0.6 is 15.9 Å². The zero-order valence-electron chi connectivity index (χ0n) is 10.6. The van der Waals surface area contributed by atoms with E-state index in [0.717, 1.165) is 21.5 Å². The van der Waals surface area contributed by atoms with E-state index in [1.54, 1.807) is 18.3 Å². The first-order chi connectivity index (χ1) is 9.10. The molecule has 0 aliphatic carbocycles. The number of nitrogens with one attached hydrogen (secondary N) is 1. The van der Waals surface area contributed by atoms with Crippen molar-refractivity contribution in [1.29, 1.82) is 0 Å². The summed E-state index contributed by atoms with van der Waals surface area (Å²) in [4.78, 5) is 15.6. The number of rotatable bonds is 3. The number of hydrogen-bond acceptors (Lipinski definition) is 4. The third-order valence-electron chi connectivity index (χ3n) is 2.61. The summed E-state index contributed by atoms with van der Waals surface area (Å²) in [5.41, 5.74) is 2.42. The Morgan fingerprint density at radius 2 is 2.00 bits per heavy atom. The molecule has 0 radical (unpaired) electrons. The fourth-order valence-corrected chi connectivity index (χ4v) is 2.06. The number of carbonyl (C=O) groups excluding carboxylic acids is 1. The molecule has 0 bridgehead atoms. The molecule has 0 saturated heterocycles. The molecular weight excluding hydrogens is 308 g/mol. The van der Waals surface area contributed by atoms with Crippen molar-refractivity contribution in [2.24, 2.45) is 0 Å². The molecule has 0 unspecified atom stereocenters. The Hall–Kier alpha value is -1.88. The molecule has 1 N–H and O–H groups in total. The summed E-state index contributed by atoms with van der Waals surface area (Å²) < 4.78 is 5.59. The number of anilines is 2. The van der Waals surface area contributed by atoms with E-state index in [0.29, 0.717) is 5.56 Å². The van der Waals surface area contributed by atoms with Crippen LogP contribution in [0.1, 0.15) is 15.9 Å². The third kappa shape index (κ3) is 3.32. The largest absolute Gasteiger partial charge is 0.465 e. The summed E-state index contributed by atoms with van der Waals surface area (Å²) in [6.45, 7) is 1.98. The van der Waals surface area contributed by atoms with Gasteiger partial charge in [0.05, 0.1) is 12.7 Å². The van der Waals surface area contributed by atoms with Crippen LogP contribution in [0.15, 0.2) is 41.0 Å². The summed E-state index contributed by atoms with van der Waals surface area (Å²) in [5.74, 6) is 0.443. The second-order valence-electron chi connectivity index (χ2n) is 4.01. The fraction of sp³-hybridized carbons (Fsp3) is 0.143. The Kier molecular flexibility index (Phi) is 4.16. The van der Waals surface area contributed by atoms with Gasteiger partial charge in [0.15, 0.2) is 0 Å². The number of carbonyl (C=O) groups is 1. The minimum absolute atomic E-state index is 0.343. The highest BCUT2D eigenvalue weighted by atomic mass is 79.9. The summed E-state index contributed by atoms with van der Waals surface area (Å²) in [6.07, 6.45) is 1.73. The molecule has 1 aromatic carbocycles. The predicted molar refractivity (Wildman–Crippen MR) is 77.7 cm³/mol. The van der Waals surface area contributed by atoms with Crippen LogP contribution in [0.5, 0.6) is 0 Å². The topological polar surface area (TPSA) is 51.2 Å². The van der Waals surface area contributed by atoms with Gasteiger partial charge in [0.25, 0.3) is 0 Å². The molecule has 5 heteroatoms. The molecule has 0 saturated carbocycles. The summed E-state index contributed by atoms with van der Waals surface area (Å²) in [7, 11) is 1.36. The lowest BCUT2D eigenvalue weighted by molar-refractivity contribution is 0.0601. The van der Waals surface area contributed by atoms with Crippen LogP contribution in [0, 0.1) is 6.92 Å². The Bertz CT molecular complexity index is 597. The molecular formula is C14H13BrN2O2. The molecule has 2 aromatic rings. The minimum atomic E-state index is -0.343. The predicted octanol–water partition coefficient (Wildman–Crippen LogP) is 3.68. The maximum atomic E-state index is 11.3. The van der Waals surface area contributed by atoms with Crippen molar-refractivity contribution in [3.8, 4) is 0 Å². The second-order valence-corrected chi connectivity index (χ2v) is 4.93. The van der Waals surface area contributed by atoms with Gasteiger partial charge >= 0.3 is 5.97 Å². The van der Waals surface area contributed by atoms with Gasteiger partial charge in [-0.25, -0.2) is 9.78 Å². The third-order valence-corrected chi connectivity index (χ3v) is 3.05. The highest BCUT2D eigenvalue weighted by Gasteiger charge is 2.05. The number of esters is 1. The molecule has 19 heavy (non-hydrogen) atoms. The number of methoxy groups -OCH3 is 1. The van der Waals surface area contributed by atoms with Gasteiger partial charge in [-0.05, 0) is 58.7 Å². The van der Waals surface area contributed by atoms with Gasteiger partial charge < -0.3 is 10.1 Å². The first-order valence-corrected chi connectivity index (χ1v) is 6.47. The van der Waals surface area contributed by atoms with Crippen molar-refractivity contribution in [3.05, 3.63) is 52.1 Å². The number of pyridine rings is 1. The first kappa shape index (κ1) is 13.5. The van der Waals surface area contributed by atoms with Crippen LogP contribution in [0.25, 0.3) is 0 Å². The highest BCUT2D eigenvalue weighted by molar-refractivity contribution is 9.10. The van der Waals surface area contributed by atoms with E-state index < -0.39 is 0 Å². The van der Waals surface area contributed by atoms with Gasteiger partial charge in [-0.15, -0.1) is 0 Å². The van der Waals surface area contributed by atoms with Gasteiger partial charge in [0, 0.05) is 16.4 Å². The smallest absolute Gasteiger partial charge is 0.337 e. The molecule has 0 fully saturated rings. The van der Waals surface area contributed by atoms with E-state index in [1.807, 2.05) is 25.1 Å². The Morgan fingerprint density at radius 1 is 1.32 bits per heavy atom. The quantitative estimate of drug-likeness (QED) is 0.876. The zero-order chi connectivity index (χ0) is 13.8. The molecule has 98 valence electrons. The van der Waals surface area contributed by atoms with Crippen LogP contribution in [-0.4, -0.2) is 18.1 Å². The molecule has 1 aromatic heterocycles. The molecule has 4 nitrogen and oxygen atoms in total. The monoisotopic (exact) mass is 320 g/mol. The SMILES string of the molecule is COC(=O)c1ccc(Nc2ncc(Br)cc2C)cc1. The number of hydrogen-bond donors (Lipinski definition) is 1. The van der Waals surface area contributed by atoms with Crippen LogP contribution in [0.3, 0.4) is 0 Å². The van der Waals surface area contributed by atoms with Crippen molar-refractivity contribution in [3.63, 3.8) is 0 Å². The van der Waals surface area contributed by atoms with Crippen molar-refractivity contribution >= 4 is 33.4 Å². The molecule has 0 amide bonds. The number of benzene rings is 1. The average molecular weight is 321 g/mol. The van der Waals surface area contributed by atoms with Crippen molar-refractivity contribution in [2.45, 2.75) is 6.92 Å². The first-order valence-electron chi connectivity index (χ1n) is 5.67. The van der Waals surface area contributed by atoms with E-state index in [1.165, 1.54) is 7.11 Å². The van der Waals surface area contributed by atoms with Crippen molar-refractivity contribution < 1.29 is 9.53 Å². The zero-order valence-corrected chi connectivity index (χ0v) is 12.2. The van der Waals surface area contributed by atoms with E-state index in [9.17, 15) is 4.79 Å². The number of halogens is 1. The van der Waals surface area contributed by atoms with Crippen LogP contribution in [-0.2, 0) is 4.74 Å². The maximum Gasteiger partial charge on any atom is 0.337 e. The van der Waals surface area contributed by atoms with E-state index in [-0.39, 0.29) is 5.97 Å². The van der Waals surface area contributed by atoms with Crippen LogP contribution < -0.4 is 5.32 Å². The Labute approximate surface area is 119 Å². The van der Waals surface area contributed by atoms with E-state index in [2.05, 4.69) is 31.0 Å². The van der Waals surface area contributed by atoms with Crippen molar-refractivity contribution in [2.75, 3.05) is 12.4 Å². The second kappa shape index (κ2) is 5.84.